The lowest BCUT2D eigenvalue weighted by atomic mass is 10.1. The standard InChI is InChI=1S/C13H13BrN2O3/c1-19-13(18)11-8-15-6-7-16(11)12(17)9-2-4-10(14)5-3-9/h2-5,8,11H,6-7H2,1H3. The van der Waals surface area contributed by atoms with Gasteiger partial charge in [-0.05, 0) is 24.3 Å². The number of ether oxygens (including phenoxy) is 1. The zero-order valence-corrected chi connectivity index (χ0v) is 12.0. The van der Waals surface area contributed by atoms with Gasteiger partial charge in [-0.25, -0.2) is 4.79 Å². The normalized spacial score (nSPS) is 18.2. The summed E-state index contributed by atoms with van der Waals surface area (Å²) in [5.74, 6) is -0.678. The molecular formula is C13H13BrN2O3. The number of methoxy groups -OCH3 is 1. The SMILES string of the molecule is COC(=O)C1C=NCCN1C(=O)c1ccc(Br)cc1. The highest BCUT2D eigenvalue weighted by molar-refractivity contribution is 9.10. The number of hydrogen-bond donors (Lipinski definition) is 0. The summed E-state index contributed by atoms with van der Waals surface area (Å²) in [6.07, 6.45) is 1.46. The van der Waals surface area contributed by atoms with Gasteiger partial charge in [-0.1, -0.05) is 15.9 Å². The van der Waals surface area contributed by atoms with Gasteiger partial charge in [0.1, 0.15) is 0 Å². The number of benzene rings is 1. The summed E-state index contributed by atoms with van der Waals surface area (Å²) in [6.45, 7) is 0.904. The number of esters is 1. The highest BCUT2D eigenvalue weighted by Crippen LogP contribution is 2.15. The molecule has 0 bridgehead atoms. The summed E-state index contributed by atoms with van der Waals surface area (Å²) >= 11 is 3.32. The predicted molar refractivity (Wildman–Crippen MR) is 74.3 cm³/mol. The molecule has 1 aromatic carbocycles. The average Bonchev–Trinajstić information content (AvgIpc) is 2.46. The van der Waals surface area contributed by atoms with Gasteiger partial charge < -0.3 is 9.64 Å². The Hall–Kier alpha value is -1.69. The van der Waals surface area contributed by atoms with Crippen LogP contribution in [-0.4, -0.2) is 49.2 Å². The molecule has 6 heteroatoms. The Bertz CT molecular complexity index is 513. The fraction of sp³-hybridized carbons (Fsp3) is 0.308. The molecule has 1 unspecified atom stereocenters. The topological polar surface area (TPSA) is 59.0 Å². The van der Waals surface area contributed by atoms with Gasteiger partial charge in [-0.3, -0.25) is 9.79 Å². The molecule has 0 aromatic heterocycles. The predicted octanol–water partition coefficient (Wildman–Crippen LogP) is 1.52. The van der Waals surface area contributed by atoms with Crippen LogP contribution in [-0.2, 0) is 9.53 Å². The van der Waals surface area contributed by atoms with Crippen LogP contribution in [0, 0.1) is 0 Å². The molecule has 1 heterocycles. The summed E-state index contributed by atoms with van der Waals surface area (Å²) in [6, 6.07) is 6.27. The minimum Gasteiger partial charge on any atom is -0.467 e. The smallest absolute Gasteiger partial charge is 0.334 e. The third-order valence-electron chi connectivity index (χ3n) is 2.85. The zero-order valence-electron chi connectivity index (χ0n) is 10.4. The maximum atomic E-state index is 12.4. The lowest BCUT2D eigenvalue weighted by Gasteiger charge is -2.29. The summed E-state index contributed by atoms with van der Waals surface area (Å²) in [4.78, 5) is 29.6. The minimum absolute atomic E-state index is 0.200. The highest BCUT2D eigenvalue weighted by Gasteiger charge is 2.31. The maximum absolute atomic E-state index is 12.4. The second kappa shape index (κ2) is 5.97. The number of aliphatic imine (C=N–C) groups is 1. The van der Waals surface area contributed by atoms with Crippen LogP contribution in [0.1, 0.15) is 10.4 Å². The Morgan fingerprint density at radius 1 is 1.37 bits per heavy atom. The van der Waals surface area contributed by atoms with Gasteiger partial charge in [-0.15, -0.1) is 0 Å². The molecule has 1 atom stereocenters. The van der Waals surface area contributed by atoms with Crippen molar-refractivity contribution in [2.45, 2.75) is 6.04 Å². The quantitative estimate of drug-likeness (QED) is 0.775. The van der Waals surface area contributed by atoms with Crippen LogP contribution in [0.2, 0.25) is 0 Å². The summed E-state index contributed by atoms with van der Waals surface area (Å²) < 4.78 is 5.59. The van der Waals surface area contributed by atoms with E-state index in [0.717, 1.165) is 4.47 Å². The van der Waals surface area contributed by atoms with Gasteiger partial charge in [0.2, 0.25) is 0 Å². The Labute approximate surface area is 119 Å². The molecular weight excluding hydrogens is 312 g/mol. The van der Waals surface area contributed by atoms with Crippen LogP contribution < -0.4 is 0 Å². The van der Waals surface area contributed by atoms with Crippen molar-refractivity contribution in [1.29, 1.82) is 0 Å². The van der Waals surface area contributed by atoms with Crippen LogP contribution in [0.4, 0.5) is 0 Å². The monoisotopic (exact) mass is 324 g/mol. The number of halogens is 1. The molecule has 5 nitrogen and oxygen atoms in total. The van der Waals surface area contributed by atoms with Gasteiger partial charge in [0.05, 0.1) is 13.7 Å². The Morgan fingerprint density at radius 3 is 2.68 bits per heavy atom. The fourth-order valence-corrected chi connectivity index (χ4v) is 2.12. The molecule has 2 rings (SSSR count). The van der Waals surface area contributed by atoms with Crippen molar-refractivity contribution in [2.24, 2.45) is 4.99 Å². The van der Waals surface area contributed by atoms with E-state index in [2.05, 4.69) is 20.9 Å². The lowest BCUT2D eigenvalue weighted by Crippen LogP contribution is -2.50. The molecule has 0 aliphatic carbocycles. The van der Waals surface area contributed by atoms with Crippen molar-refractivity contribution in [3.8, 4) is 0 Å². The number of rotatable bonds is 2. The van der Waals surface area contributed by atoms with Crippen molar-refractivity contribution < 1.29 is 14.3 Å². The molecule has 100 valence electrons. The highest BCUT2D eigenvalue weighted by atomic mass is 79.9. The number of carbonyl (C=O) groups is 2. The van der Waals surface area contributed by atoms with Gasteiger partial charge in [0, 0.05) is 22.8 Å². The third kappa shape index (κ3) is 3.01. The minimum atomic E-state index is -0.741. The van der Waals surface area contributed by atoms with E-state index in [1.54, 1.807) is 24.3 Å². The fourth-order valence-electron chi connectivity index (χ4n) is 1.85. The van der Waals surface area contributed by atoms with Crippen molar-refractivity contribution in [3.05, 3.63) is 34.3 Å². The number of hydrogen-bond acceptors (Lipinski definition) is 4. The molecule has 19 heavy (non-hydrogen) atoms. The van der Waals surface area contributed by atoms with E-state index < -0.39 is 12.0 Å². The lowest BCUT2D eigenvalue weighted by molar-refractivity contribution is -0.143. The van der Waals surface area contributed by atoms with Crippen LogP contribution in [0.5, 0.6) is 0 Å². The van der Waals surface area contributed by atoms with E-state index in [0.29, 0.717) is 18.7 Å². The van der Waals surface area contributed by atoms with Crippen LogP contribution >= 0.6 is 15.9 Å². The molecule has 1 aromatic rings. The van der Waals surface area contributed by atoms with Crippen LogP contribution in [0.3, 0.4) is 0 Å². The third-order valence-corrected chi connectivity index (χ3v) is 3.38. The summed E-state index contributed by atoms with van der Waals surface area (Å²) in [5.41, 5.74) is 0.535. The van der Waals surface area contributed by atoms with E-state index in [9.17, 15) is 9.59 Å². The van der Waals surface area contributed by atoms with E-state index in [4.69, 9.17) is 4.74 Å². The first-order chi connectivity index (χ1) is 9.13. The Balaban J connectivity index is 2.23. The largest absolute Gasteiger partial charge is 0.467 e. The van der Waals surface area contributed by atoms with Crippen LogP contribution in [0.25, 0.3) is 0 Å². The zero-order chi connectivity index (χ0) is 13.8. The first-order valence-corrected chi connectivity index (χ1v) is 6.57. The Kier molecular flexibility index (Phi) is 4.31. The van der Waals surface area contributed by atoms with Crippen molar-refractivity contribution in [1.82, 2.24) is 4.90 Å². The molecule has 1 aliphatic rings. The van der Waals surface area contributed by atoms with Crippen molar-refractivity contribution >= 4 is 34.0 Å². The second-order valence-electron chi connectivity index (χ2n) is 4.03. The molecule has 0 N–H and O–H groups in total. The molecule has 0 radical (unpaired) electrons. The molecule has 0 saturated heterocycles. The summed E-state index contributed by atoms with van der Waals surface area (Å²) in [5, 5.41) is 0. The van der Waals surface area contributed by atoms with E-state index >= 15 is 0 Å². The Morgan fingerprint density at radius 2 is 2.05 bits per heavy atom. The number of amides is 1. The van der Waals surface area contributed by atoms with Gasteiger partial charge in [0.15, 0.2) is 6.04 Å². The number of carbonyl (C=O) groups excluding carboxylic acids is 2. The first-order valence-electron chi connectivity index (χ1n) is 5.78. The van der Waals surface area contributed by atoms with E-state index in [-0.39, 0.29) is 5.91 Å². The molecule has 1 amide bonds. The average molecular weight is 325 g/mol. The molecule has 0 spiro atoms. The summed E-state index contributed by atoms with van der Waals surface area (Å²) in [7, 11) is 1.30. The van der Waals surface area contributed by atoms with E-state index in [1.165, 1.54) is 18.2 Å². The number of nitrogens with zero attached hydrogens (tertiary/aromatic N) is 2. The molecule has 1 aliphatic heterocycles. The second-order valence-corrected chi connectivity index (χ2v) is 4.94. The van der Waals surface area contributed by atoms with Gasteiger partial charge in [-0.2, -0.15) is 0 Å². The first kappa shape index (κ1) is 13.7. The molecule has 0 fully saturated rings. The van der Waals surface area contributed by atoms with E-state index in [1.807, 2.05) is 0 Å². The van der Waals surface area contributed by atoms with Crippen molar-refractivity contribution in [3.63, 3.8) is 0 Å². The molecule has 0 saturated carbocycles. The van der Waals surface area contributed by atoms with Crippen LogP contribution in [0.15, 0.2) is 33.7 Å². The van der Waals surface area contributed by atoms with Gasteiger partial charge in [0.25, 0.3) is 5.91 Å². The maximum Gasteiger partial charge on any atom is 0.334 e. The van der Waals surface area contributed by atoms with Crippen molar-refractivity contribution in [2.75, 3.05) is 20.2 Å². The van der Waals surface area contributed by atoms with Gasteiger partial charge >= 0.3 is 5.97 Å².